The molecule has 2 aliphatic heterocycles. The van der Waals surface area contributed by atoms with Crippen molar-refractivity contribution in [3.8, 4) is 0 Å². The largest absolute Gasteiger partial charge is 0.351 e. The van der Waals surface area contributed by atoms with Gasteiger partial charge in [-0.1, -0.05) is 49.9 Å². The van der Waals surface area contributed by atoms with E-state index in [0.29, 0.717) is 38.6 Å². The normalized spacial score (nSPS) is 21.2. The van der Waals surface area contributed by atoms with Crippen molar-refractivity contribution in [1.82, 2.24) is 25.3 Å². The van der Waals surface area contributed by atoms with Gasteiger partial charge in [0.2, 0.25) is 11.8 Å². The molecule has 1 aromatic heterocycles. The highest BCUT2D eigenvalue weighted by molar-refractivity contribution is 7.09. The van der Waals surface area contributed by atoms with Crippen LogP contribution < -0.4 is 15.5 Å². The molecule has 10 heteroatoms. The molecule has 5 rings (SSSR count). The molecule has 1 aromatic carbocycles. The van der Waals surface area contributed by atoms with Gasteiger partial charge in [0.1, 0.15) is 0 Å². The Labute approximate surface area is 279 Å². The number of unbranched alkanes of at least 4 members (excludes halogenated alkanes) is 1. The van der Waals surface area contributed by atoms with Crippen molar-refractivity contribution in [3.05, 3.63) is 52.2 Å². The maximum Gasteiger partial charge on any atom is 0.322 e. The second-order valence-electron chi connectivity index (χ2n) is 13.7. The highest BCUT2D eigenvalue weighted by atomic mass is 32.1. The Morgan fingerprint density at radius 2 is 1.76 bits per heavy atom. The van der Waals surface area contributed by atoms with Gasteiger partial charge in [-0.15, -0.1) is 11.3 Å². The molecule has 3 atom stereocenters. The van der Waals surface area contributed by atoms with E-state index in [9.17, 15) is 14.4 Å². The third kappa shape index (κ3) is 8.89. The zero-order valence-electron chi connectivity index (χ0n) is 28.1. The number of aryl methyl sites for hydroxylation is 1. The Bertz CT molecular complexity index is 1280. The molecular formula is C36H54N6O3S. The predicted molar refractivity (Wildman–Crippen MR) is 186 cm³/mol. The van der Waals surface area contributed by atoms with Crippen LogP contribution in [0.1, 0.15) is 74.6 Å². The molecule has 4 amide bonds. The second-order valence-corrected chi connectivity index (χ2v) is 14.7. The first-order valence-corrected chi connectivity index (χ1v) is 18.3. The minimum Gasteiger partial charge on any atom is -0.351 e. The van der Waals surface area contributed by atoms with Gasteiger partial charge in [0.25, 0.3) is 0 Å². The molecule has 2 N–H and O–H groups in total. The van der Waals surface area contributed by atoms with E-state index in [-0.39, 0.29) is 29.9 Å². The Kier molecular flexibility index (Phi) is 12.5. The van der Waals surface area contributed by atoms with Gasteiger partial charge in [0, 0.05) is 42.3 Å². The summed E-state index contributed by atoms with van der Waals surface area (Å²) >= 11 is 1.61. The number of carbonyl (C=O) groups excluding carboxylic acids is 3. The number of benzene rings is 1. The summed E-state index contributed by atoms with van der Waals surface area (Å²) in [5, 5.41) is 8.37. The van der Waals surface area contributed by atoms with E-state index in [0.717, 1.165) is 62.1 Å². The standard InChI is InChI=1S/C36H54N6O3S/c1-39(2)21-10-9-19-33(40(3)28-15-5-4-6-16-28)35(44)41-23-20-31(30(26-41)34(43)37-25-29-17-12-24-46-29)38-36(45)42-22-11-14-27-13-7-8-18-32(27)42/h7-8,12-13,17-18,24,28,30-31,33H,4-6,9-11,14-16,19-23,25-26H2,1-3H3,(H,37,43)(H,38,45)/t30-,31+,33+/m0/s1. The van der Waals surface area contributed by atoms with Crippen LogP contribution in [0.3, 0.4) is 0 Å². The Morgan fingerprint density at radius 1 is 0.957 bits per heavy atom. The fraction of sp³-hybridized carbons (Fsp3) is 0.639. The number of likely N-dealkylation sites (tertiary alicyclic amines) is 1. The van der Waals surface area contributed by atoms with Gasteiger partial charge in [-0.25, -0.2) is 4.79 Å². The van der Waals surface area contributed by atoms with Crippen LogP contribution in [0.25, 0.3) is 0 Å². The zero-order chi connectivity index (χ0) is 32.5. The average Bonchev–Trinajstić information content (AvgIpc) is 3.61. The maximum atomic E-state index is 14.4. The van der Waals surface area contributed by atoms with Gasteiger partial charge in [0.15, 0.2) is 0 Å². The Balaban J connectivity index is 1.31. The van der Waals surface area contributed by atoms with Crippen LogP contribution in [0, 0.1) is 5.92 Å². The molecule has 2 fully saturated rings. The van der Waals surface area contributed by atoms with E-state index in [1.165, 1.54) is 24.8 Å². The van der Waals surface area contributed by atoms with E-state index in [1.807, 2.05) is 45.5 Å². The van der Waals surface area contributed by atoms with E-state index in [1.54, 1.807) is 11.3 Å². The van der Waals surface area contributed by atoms with Gasteiger partial charge < -0.3 is 20.4 Å². The minimum atomic E-state index is -0.531. The maximum absolute atomic E-state index is 14.4. The fourth-order valence-corrected chi connectivity index (χ4v) is 8.16. The average molecular weight is 651 g/mol. The first-order valence-electron chi connectivity index (χ1n) is 17.4. The number of rotatable bonds is 12. The summed E-state index contributed by atoms with van der Waals surface area (Å²) in [6, 6.07) is 11.8. The lowest BCUT2D eigenvalue weighted by Crippen LogP contribution is -2.61. The molecule has 252 valence electrons. The summed E-state index contributed by atoms with van der Waals surface area (Å²) in [7, 11) is 6.32. The number of likely N-dealkylation sites (N-methyl/N-ethyl adjacent to an activating group) is 1. The molecule has 2 aromatic rings. The summed E-state index contributed by atoms with van der Waals surface area (Å²) in [5.74, 6) is -0.516. The van der Waals surface area contributed by atoms with Crippen LogP contribution in [0.4, 0.5) is 10.5 Å². The van der Waals surface area contributed by atoms with Gasteiger partial charge >= 0.3 is 6.03 Å². The van der Waals surface area contributed by atoms with Gasteiger partial charge in [0.05, 0.1) is 18.5 Å². The lowest BCUT2D eigenvalue weighted by atomic mass is 9.89. The van der Waals surface area contributed by atoms with E-state index < -0.39 is 5.92 Å². The third-order valence-electron chi connectivity index (χ3n) is 10.2. The molecule has 9 nitrogen and oxygen atoms in total. The number of carbonyl (C=O) groups is 3. The molecule has 0 unspecified atom stereocenters. The number of nitrogens with zero attached hydrogens (tertiary/aromatic N) is 4. The first kappa shape index (κ1) is 34.4. The number of hydrogen-bond donors (Lipinski definition) is 2. The van der Waals surface area contributed by atoms with Crippen LogP contribution >= 0.6 is 11.3 Å². The van der Waals surface area contributed by atoms with Crippen LogP contribution in [-0.2, 0) is 22.6 Å². The quantitative estimate of drug-likeness (QED) is 0.312. The number of thiophene rings is 1. The number of hydrogen-bond acceptors (Lipinski definition) is 6. The van der Waals surface area contributed by atoms with Crippen molar-refractivity contribution in [2.45, 2.75) is 95.3 Å². The van der Waals surface area contributed by atoms with E-state index >= 15 is 0 Å². The SMILES string of the molecule is CN(C)CCCC[C@H](C(=O)N1CC[C@@H](NC(=O)N2CCCc3ccccc32)[C@@H](C(=O)NCc2cccs2)C1)N(C)C1CCCCC1. The summed E-state index contributed by atoms with van der Waals surface area (Å²) in [6.07, 6.45) is 11.3. The summed E-state index contributed by atoms with van der Waals surface area (Å²) in [6.45, 7) is 2.94. The predicted octanol–water partition coefficient (Wildman–Crippen LogP) is 5.11. The highest BCUT2D eigenvalue weighted by Gasteiger charge is 2.41. The minimum absolute atomic E-state index is 0.113. The van der Waals surface area contributed by atoms with Crippen molar-refractivity contribution < 1.29 is 14.4 Å². The number of fused-ring (bicyclic) bond motifs is 1. The monoisotopic (exact) mass is 650 g/mol. The Morgan fingerprint density at radius 3 is 2.52 bits per heavy atom. The topological polar surface area (TPSA) is 88.2 Å². The highest BCUT2D eigenvalue weighted by Crippen LogP contribution is 2.29. The van der Waals surface area contributed by atoms with Gasteiger partial charge in [-0.3, -0.25) is 19.4 Å². The number of amides is 4. The van der Waals surface area contributed by atoms with Crippen molar-refractivity contribution in [2.75, 3.05) is 52.2 Å². The van der Waals surface area contributed by atoms with Crippen LogP contribution in [-0.4, -0.2) is 98.0 Å². The van der Waals surface area contributed by atoms with Crippen LogP contribution in [0.5, 0.6) is 0 Å². The van der Waals surface area contributed by atoms with Crippen molar-refractivity contribution in [2.24, 2.45) is 5.92 Å². The molecule has 46 heavy (non-hydrogen) atoms. The molecule has 1 saturated carbocycles. The lowest BCUT2D eigenvalue weighted by Gasteiger charge is -2.43. The van der Waals surface area contributed by atoms with Crippen LogP contribution in [0.2, 0.25) is 0 Å². The molecular weight excluding hydrogens is 597 g/mol. The third-order valence-corrected chi connectivity index (χ3v) is 11.1. The fourth-order valence-electron chi connectivity index (χ4n) is 7.51. The van der Waals surface area contributed by atoms with E-state index in [4.69, 9.17) is 0 Å². The summed E-state index contributed by atoms with van der Waals surface area (Å²) < 4.78 is 0. The number of piperidine rings is 1. The summed E-state index contributed by atoms with van der Waals surface area (Å²) in [5.41, 5.74) is 2.12. The molecule has 1 aliphatic carbocycles. The summed E-state index contributed by atoms with van der Waals surface area (Å²) in [4.78, 5) is 51.3. The molecule has 3 aliphatic rings. The van der Waals surface area contributed by atoms with Crippen molar-refractivity contribution >= 4 is 34.9 Å². The number of anilines is 1. The molecule has 3 heterocycles. The zero-order valence-corrected chi connectivity index (χ0v) is 28.9. The molecule has 0 radical (unpaired) electrons. The van der Waals surface area contributed by atoms with Crippen molar-refractivity contribution in [1.29, 1.82) is 0 Å². The smallest absolute Gasteiger partial charge is 0.322 e. The number of para-hydroxylation sites is 1. The van der Waals surface area contributed by atoms with Crippen LogP contribution in [0.15, 0.2) is 41.8 Å². The van der Waals surface area contributed by atoms with Crippen molar-refractivity contribution in [3.63, 3.8) is 0 Å². The number of nitrogens with one attached hydrogen (secondary N) is 2. The van der Waals surface area contributed by atoms with E-state index in [2.05, 4.69) is 47.6 Å². The molecule has 0 spiro atoms. The number of urea groups is 1. The molecule has 1 saturated heterocycles. The molecule has 0 bridgehead atoms. The Hall–Kier alpha value is -2.95. The first-order chi connectivity index (χ1) is 22.3. The van der Waals surface area contributed by atoms with Gasteiger partial charge in [-0.05, 0) is 95.7 Å². The second kappa shape index (κ2) is 16.7. The van der Waals surface area contributed by atoms with Gasteiger partial charge in [-0.2, -0.15) is 0 Å². The lowest BCUT2D eigenvalue weighted by molar-refractivity contribution is -0.142.